The van der Waals surface area contributed by atoms with E-state index in [-0.39, 0.29) is 5.97 Å². The predicted molar refractivity (Wildman–Crippen MR) is 70.4 cm³/mol. The van der Waals surface area contributed by atoms with Gasteiger partial charge in [-0.1, -0.05) is 26.0 Å². The highest BCUT2D eigenvalue weighted by molar-refractivity contribution is 5.70. The van der Waals surface area contributed by atoms with Crippen molar-refractivity contribution < 1.29 is 9.53 Å². The number of esters is 1. The minimum atomic E-state index is -0.185. The number of carbonyl (C=O) groups is 1. The van der Waals surface area contributed by atoms with Crippen molar-refractivity contribution in [2.24, 2.45) is 0 Å². The third-order valence-electron chi connectivity index (χ3n) is 2.80. The molecule has 0 aromatic heterocycles. The van der Waals surface area contributed by atoms with E-state index >= 15 is 0 Å². The van der Waals surface area contributed by atoms with E-state index in [0.29, 0.717) is 18.9 Å². The molecule has 0 saturated carbocycles. The summed E-state index contributed by atoms with van der Waals surface area (Å²) in [6.07, 6.45) is 0.391. The summed E-state index contributed by atoms with van der Waals surface area (Å²) in [4.78, 5) is 11.0. The van der Waals surface area contributed by atoms with Gasteiger partial charge in [-0.15, -0.1) is 0 Å². The monoisotopic (exact) mass is 235 g/mol. The Morgan fingerprint density at radius 3 is 2.71 bits per heavy atom. The van der Waals surface area contributed by atoms with Crippen LogP contribution in [-0.2, 0) is 9.53 Å². The summed E-state index contributed by atoms with van der Waals surface area (Å²) in [6, 6.07) is 6.40. The van der Waals surface area contributed by atoms with E-state index in [1.54, 1.807) is 0 Å². The van der Waals surface area contributed by atoms with Crippen LogP contribution in [0.3, 0.4) is 0 Å². The lowest BCUT2D eigenvalue weighted by molar-refractivity contribution is -0.140. The third kappa shape index (κ3) is 4.10. The molecule has 3 heteroatoms. The second kappa shape index (κ2) is 6.28. The van der Waals surface area contributed by atoms with E-state index in [0.717, 1.165) is 5.69 Å². The van der Waals surface area contributed by atoms with Crippen LogP contribution in [0.4, 0.5) is 5.69 Å². The Kier molecular flexibility index (Phi) is 5.01. The summed E-state index contributed by atoms with van der Waals surface area (Å²) in [5.41, 5.74) is 3.59. The summed E-state index contributed by atoms with van der Waals surface area (Å²) in [5, 5.41) is 3.27. The molecule has 0 atom stereocenters. The Balaban J connectivity index is 2.63. The van der Waals surface area contributed by atoms with Crippen LogP contribution in [0.2, 0.25) is 0 Å². The van der Waals surface area contributed by atoms with Gasteiger partial charge in [0, 0.05) is 12.2 Å². The van der Waals surface area contributed by atoms with Crippen molar-refractivity contribution in [3.8, 4) is 0 Å². The Labute approximate surface area is 103 Å². The smallest absolute Gasteiger partial charge is 0.307 e. The highest BCUT2D eigenvalue weighted by Gasteiger charge is 2.04. The summed E-state index contributed by atoms with van der Waals surface area (Å²) in [5.74, 6) is 0.326. The van der Waals surface area contributed by atoms with Gasteiger partial charge < -0.3 is 10.1 Å². The van der Waals surface area contributed by atoms with Gasteiger partial charge in [0.1, 0.15) is 0 Å². The van der Waals surface area contributed by atoms with Gasteiger partial charge in [-0.3, -0.25) is 4.79 Å². The van der Waals surface area contributed by atoms with Crippen LogP contribution in [0.1, 0.15) is 37.3 Å². The van der Waals surface area contributed by atoms with E-state index in [2.05, 4.69) is 49.0 Å². The zero-order chi connectivity index (χ0) is 12.8. The van der Waals surface area contributed by atoms with Crippen molar-refractivity contribution in [1.82, 2.24) is 0 Å². The van der Waals surface area contributed by atoms with Crippen LogP contribution in [0, 0.1) is 6.92 Å². The number of carbonyl (C=O) groups excluding carboxylic acids is 1. The molecule has 0 amide bonds. The van der Waals surface area contributed by atoms with E-state index < -0.39 is 0 Å². The van der Waals surface area contributed by atoms with Crippen molar-refractivity contribution in [3.05, 3.63) is 29.3 Å². The average Bonchev–Trinajstić information content (AvgIpc) is 2.30. The zero-order valence-corrected chi connectivity index (χ0v) is 11.0. The van der Waals surface area contributed by atoms with E-state index in [4.69, 9.17) is 0 Å². The third-order valence-corrected chi connectivity index (χ3v) is 2.80. The molecule has 1 N–H and O–H groups in total. The summed E-state index contributed by atoms with van der Waals surface area (Å²) >= 11 is 0. The van der Waals surface area contributed by atoms with Crippen LogP contribution in [-0.4, -0.2) is 19.6 Å². The van der Waals surface area contributed by atoms with E-state index in [1.165, 1.54) is 18.2 Å². The number of methoxy groups -OCH3 is 1. The normalized spacial score (nSPS) is 10.4. The molecule has 17 heavy (non-hydrogen) atoms. The number of nitrogens with one attached hydrogen (secondary N) is 1. The number of rotatable bonds is 5. The largest absolute Gasteiger partial charge is 0.469 e. The van der Waals surface area contributed by atoms with Gasteiger partial charge in [0.05, 0.1) is 13.5 Å². The lowest BCUT2D eigenvalue weighted by atomic mass is 10.0. The molecule has 1 aromatic carbocycles. The molecule has 0 aliphatic heterocycles. The maximum Gasteiger partial charge on any atom is 0.307 e. The highest BCUT2D eigenvalue weighted by atomic mass is 16.5. The molecule has 0 aliphatic carbocycles. The topological polar surface area (TPSA) is 38.3 Å². The second-order valence-electron chi connectivity index (χ2n) is 4.48. The fraction of sp³-hybridized carbons (Fsp3) is 0.500. The SMILES string of the molecule is COC(=O)CCNc1cc(C(C)C)ccc1C. The van der Waals surface area contributed by atoms with Crippen LogP contribution in [0.5, 0.6) is 0 Å². The maximum atomic E-state index is 11.0. The first-order valence-electron chi connectivity index (χ1n) is 5.96. The van der Waals surface area contributed by atoms with Gasteiger partial charge >= 0.3 is 5.97 Å². The molecule has 0 heterocycles. The molecular weight excluding hydrogens is 214 g/mol. The molecule has 0 bridgehead atoms. The summed E-state index contributed by atoms with van der Waals surface area (Å²) < 4.78 is 4.60. The van der Waals surface area contributed by atoms with E-state index in [9.17, 15) is 4.79 Å². The molecule has 0 saturated heterocycles. The minimum absolute atomic E-state index is 0.185. The van der Waals surface area contributed by atoms with Gasteiger partial charge in [0.15, 0.2) is 0 Å². The number of hydrogen-bond donors (Lipinski definition) is 1. The van der Waals surface area contributed by atoms with Crippen LogP contribution >= 0.6 is 0 Å². The molecule has 1 aromatic rings. The number of hydrogen-bond acceptors (Lipinski definition) is 3. The highest BCUT2D eigenvalue weighted by Crippen LogP contribution is 2.22. The number of anilines is 1. The van der Waals surface area contributed by atoms with Crippen LogP contribution < -0.4 is 5.32 Å². The Morgan fingerprint density at radius 2 is 2.12 bits per heavy atom. The van der Waals surface area contributed by atoms with Crippen molar-refractivity contribution in [2.45, 2.75) is 33.1 Å². The lowest BCUT2D eigenvalue weighted by Gasteiger charge is -2.13. The standard InChI is InChI=1S/C14H21NO2/c1-10(2)12-6-5-11(3)13(9-12)15-8-7-14(16)17-4/h5-6,9-10,15H,7-8H2,1-4H3. The Morgan fingerprint density at radius 1 is 1.41 bits per heavy atom. The van der Waals surface area contributed by atoms with Gasteiger partial charge in [0.25, 0.3) is 0 Å². The maximum absolute atomic E-state index is 11.0. The first kappa shape index (κ1) is 13.6. The van der Waals surface area contributed by atoms with Crippen molar-refractivity contribution in [1.29, 1.82) is 0 Å². The number of aryl methyl sites for hydroxylation is 1. The fourth-order valence-electron chi connectivity index (χ4n) is 1.59. The summed E-state index contributed by atoms with van der Waals surface area (Å²) in [6.45, 7) is 7.01. The zero-order valence-electron chi connectivity index (χ0n) is 11.0. The van der Waals surface area contributed by atoms with Crippen molar-refractivity contribution >= 4 is 11.7 Å². The van der Waals surface area contributed by atoms with Gasteiger partial charge in [-0.25, -0.2) is 0 Å². The average molecular weight is 235 g/mol. The number of ether oxygens (including phenoxy) is 1. The van der Waals surface area contributed by atoms with Gasteiger partial charge in [-0.2, -0.15) is 0 Å². The fourth-order valence-corrected chi connectivity index (χ4v) is 1.59. The lowest BCUT2D eigenvalue weighted by Crippen LogP contribution is -2.10. The Hall–Kier alpha value is -1.51. The van der Waals surface area contributed by atoms with Crippen molar-refractivity contribution in [2.75, 3.05) is 19.0 Å². The molecule has 0 unspecified atom stereocenters. The molecule has 0 aliphatic rings. The Bertz CT molecular complexity index is 386. The van der Waals surface area contributed by atoms with Crippen molar-refractivity contribution in [3.63, 3.8) is 0 Å². The van der Waals surface area contributed by atoms with Gasteiger partial charge in [-0.05, 0) is 30.0 Å². The quantitative estimate of drug-likeness (QED) is 0.797. The molecular formula is C14H21NO2. The number of benzene rings is 1. The van der Waals surface area contributed by atoms with Crippen LogP contribution in [0.15, 0.2) is 18.2 Å². The summed E-state index contributed by atoms with van der Waals surface area (Å²) in [7, 11) is 1.41. The van der Waals surface area contributed by atoms with E-state index in [1.807, 2.05) is 0 Å². The molecule has 0 radical (unpaired) electrons. The molecule has 0 spiro atoms. The molecule has 3 nitrogen and oxygen atoms in total. The van der Waals surface area contributed by atoms with Crippen LogP contribution in [0.25, 0.3) is 0 Å². The minimum Gasteiger partial charge on any atom is -0.469 e. The first-order chi connectivity index (χ1) is 8.04. The molecule has 94 valence electrons. The van der Waals surface area contributed by atoms with Gasteiger partial charge in [0.2, 0.25) is 0 Å². The molecule has 1 rings (SSSR count). The second-order valence-corrected chi connectivity index (χ2v) is 4.48. The molecule has 0 fully saturated rings. The predicted octanol–water partition coefficient (Wildman–Crippen LogP) is 3.09. The first-order valence-corrected chi connectivity index (χ1v) is 5.96.